The highest BCUT2D eigenvalue weighted by molar-refractivity contribution is 9.10. The first-order valence-corrected chi connectivity index (χ1v) is 12.6. The summed E-state index contributed by atoms with van der Waals surface area (Å²) in [6, 6.07) is 13.9. The molecule has 1 amide bonds. The maximum atomic E-state index is 15.7. The maximum absolute atomic E-state index is 15.7. The van der Waals surface area contributed by atoms with E-state index in [4.69, 9.17) is 9.47 Å². The van der Waals surface area contributed by atoms with Crippen LogP contribution in [0.5, 0.6) is 5.75 Å². The molecule has 36 heavy (non-hydrogen) atoms. The molecule has 188 valence electrons. The summed E-state index contributed by atoms with van der Waals surface area (Å²) in [7, 11) is 3.20. The number of benzene rings is 2. The van der Waals surface area contributed by atoms with Crippen LogP contribution in [0.2, 0.25) is 0 Å². The molecule has 1 fully saturated rings. The molecular formula is C26H26BrFN4O3S. The third kappa shape index (κ3) is 4.89. The second kappa shape index (κ2) is 11.0. The fourth-order valence-electron chi connectivity index (χ4n) is 4.73. The van der Waals surface area contributed by atoms with Crippen molar-refractivity contribution < 1.29 is 18.7 Å². The van der Waals surface area contributed by atoms with Gasteiger partial charge in [0.15, 0.2) is 0 Å². The standard InChI is InChI=1S/C26H26BrFN4O3S/c1-32-15-20(24(33)31-22-5-3-4-6-23(22)34-2)26(19(13-29)25(32)36,12-17-14-30-9-10-35-17)18-8-7-16(27)11-21(18)28/h3-8,11,15,17,30,36H,9-10,12,14H2,1-2H3,(H,31,33). The van der Waals surface area contributed by atoms with Crippen molar-refractivity contribution in [3.8, 4) is 11.8 Å². The molecule has 2 aromatic carbocycles. The van der Waals surface area contributed by atoms with Gasteiger partial charge in [-0.2, -0.15) is 5.26 Å². The number of nitriles is 1. The number of nitrogens with zero attached hydrogens (tertiary/aromatic N) is 2. The van der Waals surface area contributed by atoms with E-state index in [0.717, 1.165) is 0 Å². The van der Waals surface area contributed by atoms with Gasteiger partial charge in [-0.25, -0.2) is 4.39 Å². The van der Waals surface area contributed by atoms with Crippen LogP contribution in [0.4, 0.5) is 10.1 Å². The van der Waals surface area contributed by atoms with Gasteiger partial charge in [-0.05, 0) is 30.7 Å². The van der Waals surface area contributed by atoms with Gasteiger partial charge in [0, 0.05) is 41.9 Å². The minimum atomic E-state index is -1.46. The van der Waals surface area contributed by atoms with Crippen LogP contribution in [0.15, 0.2) is 69.3 Å². The third-order valence-corrected chi connectivity index (χ3v) is 7.44. The molecule has 2 aliphatic rings. The first kappa shape index (κ1) is 26.2. The zero-order valence-electron chi connectivity index (χ0n) is 19.8. The molecule has 1 saturated heterocycles. The second-order valence-corrected chi connectivity index (χ2v) is 9.89. The molecule has 0 radical (unpaired) electrons. The zero-order chi connectivity index (χ0) is 25.9. The van der Waals surface area contributed by atoms with Crippen LogP contribution in [0.25, 0.3) is 0 Å². The molecule has 2 unspecified atom stereocenters. The minimum Gasteiger partial charge on any atom is -0.495 e. The normalized spacial score (nSPS) is 22.1. The number of thiol groups is 1. The number of amides is 1. The van der Waals surface area contributed by atoms with Gasteiger partial charge >= 0.3 is 0 Å². The van der Waals surface area contributed by atoms with E-state index >= 15 is 4.39 Å². The smallest absolute Gasteiger partial charge is 0.254 e. The highest BCUT2D eigenvalue weighted by Crippen LogP contribution is 2.50. The Morgan fingerprint density at radius 2 is 2.19 bits per heavy atom. The molecular weight excluding hydrogens is 547 g/mol. The quantitative estimate of drug-likeness (QED) is 0.446. The number of rotatable bonds is 6. The number of allylic oxidation sites excluding steroid dienone is 1. The Hall–Kier alpha value is -2.84. The largest absolute Gasteiger partial charge is 0.495 e. The minimum absolute atomic E-state index is 0.157. The lowest BCUT2D eigenvalue weighted by atomic mass is 9.64. The highest BCUT2D eigenvalue weighted by Gasteiger charge is 2.50. The number of anilines is 1. The lowest BCUT2D eigenvalue weighted by Gasteiger charge is -2.43. The number of nitrogens with one attached hydrogen (secondary N) is 2. The third-order valence-electron chi connectivity index (χ3n) is 6.41. The summed E-state index contributed by atoms with van der Waals surface area (Å²) in [6.45, 7) is 1.65. The van der Waals surface area contributed by atoms with Crippen LogP contribution in [0.1, 0.15) is 12.0 Å². The number of ether oxygens (including phenoxy) is 2. The van der Waals surface area contributed by atoms with Crippen LogP contribution in [-0.4, -0.2) is 50.8 Å². The molecule has 0 saturated carbocycles. The topological polar surface area (TPSA) is 86.6 Å². The molecule has 0 spiro atoms. The molecule has 2 aliphatic heterocycles. The van der Waals surface area contributed by atoms with E-state index in [2.05, 4.69) is 45.3 Å². The number of methoxy groups -OCH3 is 1. The molecule has 4 rings (SSSR count). The van der Waals surface area contributed by atoms with Crippen molar-refractivity contribution >= 4 is 40.2 Å². The Labute approximate surface area is 223 Å². The monoisotopic (exact) mass is 572 g/mol. The summed E-state index contributed by atoms with van der Waals surface area (Å²) >= 11 is 7.92. The lowest BCUT2D eigenvalue weighted by Crippen LogP contribution is -2.48. The summed E-state index contributed by atoms with van der Waals surface area (Å²) in [6.07, 6.45) is 1.38. The molecule has 0 aromatic heterocycles. The van der Waals surface area contributed by atoms with Crippen molar-refractivity contribution in [1.29, 1.82) is 5.26 Å². The number of para-hydroxylation sites is 2. The number of carbonyl (C=O) groups is 1. The Kier molecular flexibility index (Phi) is 8.05. The predicted octanol–water partition coefficient (Wildman–Crippen LogP) is 4.35. The van der Waals surface area contributed by atoms with Gasteiger partial charge in [-0.1, -0.05) is 34.1 Å². The van der Waals surface area contributed by atoms with Gasteiger partial charge in [-0.15, -0.1) is 12.6 Å². The van der Waals surface area contributed by atoms with Crippen LogP contribution in [0.3, 0.4) is 0 Å². The second-order valence-electron chi connectivity index (χ2n) is 8.55. The Morgan fingerprint density at radius 3 is 2.86 bits per heavy atom. The first-order valence-electron chi connectivity index (χ1n) is 11.3. The maximum Gasteiger partial charge on any atom is 0.254 e. The van der Waals surface area contributed by atoms with Crippen molar-refractivity contribution in [3.63, 3.8) is 0 Å². The van der Waals surface area contributed by atoms with Crippen molar-refractivity contribution in [2.45, 2.75) is 17.9 Å². The highest BCUT2D eigenvalue weighted by atomic mass is 79.9. The zero-order valence-corrected chi connectivity index (χ0v) is 22.3. The van der Waals surface area contributed by atoms with E-state index < -0.39 is 17.1 Å². The summed E-state index contributed by atoms with van der Waals surface area (Å²) in [5.74, 6) is -0.574. The number of hydrogen-bond donors (Lipinski definition) is 3. The molecule has 2 heterocycles. The summed E-state index contributed by atoms with van der Waals surface area (Å²) in [4.78, 5) is 15.5. The Morgan fingerprint density at radius 1 is 1.42 bits per heavy atom. The van der Waals surface area contributed by atoms with E-state index in [9.17, 15) is 10.1 Å². The van der Waals surface area contributed by atoms with Crippen molar-refractivity contribution in [3.05, 3.63) is 80.7 Å². The molecule has 7 nitrogen and oxygen atoms in total. The van der Waals surface area contributed by atoms with E-state index in [1.807, 2.05) is 0 Å². The van der Waals surface area contributed by atoms with E-state index in [1.54, 1.807) is 54.5 Å². The number of carbonyl (C=O) groups excluding carboxylic acids is 1. The Balaban J connectivity index is 1.92. The van der Waals surface area contributed by atoms with Gasteiger partial charge in [0.1, 0.15) is 11.6 Å². The van der Waals surface area contributed by atoms with Gasteiger partial charge in [0.2, 0.25) is 0 Å². The average Bonchev–Trinajstić information content (AvgIpc) is 2.87. The fraction of sp³-hybridized carbons (Fsp3) is 0.308. The fourth-order valence-corrected chi connectivity index (χ4v) is 5.36. The van der Waals surface area contributed by atoms with Crippen LogP contribution >= 0.6 is 28.6 Å². The lowest BCUT2D eigenvalue weighted by molar-refractivity contribution is -0.113. The molecule has 0 aliphatic carbocycles. The van der Waals surface area contributed by atoms with Crippen LogP contribution in [0, 0.1) is 17.1 Å². The first-order chi connectivity index (χ1) is 17.3. The van der Waals surface area contributed by atoms with Crippen molar-refractivity contribution in [2.24, 2.45) is 0 Å². The van der Waals surface area contributed by atoms with Gasteiger partial charge in [-0.3, -0.25) is 4.79 Å². The van der Waals surface area contributed by atoms with Crippen LogP contribution in [-0.2, 0) is 14.9 Å². The summed E-state index contributed by atoms with van der Waals surface area (Å²) in [5, 5.41) is 16.9. The van der Waals surface area contributed by atoms with Crippen molar-refractivity contribution in [1.82, 2.24) is 10.2 Å². The molecule has 2 aromatic rings. The SMILES string of the molecule is COc1ccccc1NC(=O)C1=CN(C)C(S)=C(C#N)C1(CC1CNCCO1)c1ccc(Br)cc1F. The van der Waals surface area contributed by atoms with Gasteiger partial charge in [0.05, 0.1) is 47.6 Å². The van der Waals surface area contributed by atoms with Gasteiger partial charge < -0.3 is 25.0 Å². The number of hydrogen-bond acceptors (Lipinski definition) is 7. The molecule has 10 heteroatoms. The number of halogens is 2. The van der Waals surface area contributed by atoms with Gasteiger partial charge in [0.25, 0.3) is 5.91 Å². The molecule has 2 N–H and O–H groups in total. The summed E-state index contributed by atoms with van der Waals surface area (Å²) < 4.78 is 27.6. The van der Waals surface area contributed by atoms with E-state index in [1.165, 1.54) is 13.2 Å². The van der Waals surface area contributed by atoms with Crippen LogP contribution < -0.4 is 15.4 Å². The molecule has 0 bridgehead atoms. The van der Waals surface area contributed by atoms with E-state index in [0.29, 0.717) is 40.6 Å². The van der Waals surface area contributed by atoms with Crippen molar-refractivity contribution in [2.75, 3.05) is 39.2 Å². The average molecular weight is 573 g/mol. The Bertz CT molecular complexity index is 1270. The summed E-state index contributed by atoms with van der Waals surface area (Å²) in [5.41, 5.74) is -0.457. The van der Waals surface area contributed by atoms with E-state index in [-0.39, 0.29) is 29.2 Å². The number of morpholine rings is 1. The predicted molar refractivity (Wildman–Crippen MR) is 142 cm³/mol. The molecule has 2 atom stereocenters.